The van der Waals surface area contributed by atoms with Crippen LogP contribution in [0.4, 0.5) is 0 Å². The van der Waals surface area contributed by atoms with Crippen LogP contribution in [0.1, 0.15) is 38.7 Å². The van der Waals surface area contributed by atoms with E-state index in [0.29, 0.717) is 12.0 Å². The molecule has 0 spiro atoms. The van der Waals surface area contributed by atoms with Crippen LogP contribution in [0.25, 0.3) is 0 Å². The summed E-state index contributed by atoms with van der Waals surface area (Å²) in [4.78, 5) is 65.3. The zero-order valence-corrected chi connectivity index (χ0v) is 21.8. The number of phenolic OH excluding ortho intramolecular Hbond substituents is 1. The van der Waals surface area contributed by atoms with E-state index in [1.807, 2.05) is 0 Å². The molecule has 0 saturated heterocycles. The van der Waals surface area contributed by atoms with Gasteiger partial charge in [0.1, 0.15) is 23.9 Å². The van der Waals surface area contributed by atoms with Crippen molar-refractivity contribution in [3.05, 3.63) is 29.8 Å². The third-order valence-electron chi connectivity index (χ3n) is 5.55. The van der Waals surface area contributed by atoms with E-state index in [2.05, 4.69) is 20.9 Å². The van der Waals surface area contributed by atoms with Crippen LogP contribution in [-0.2, 0) is 30.4 Å². The van der Waals surface area contributed by atoms with E-state index in [-0.39, 0.29) is 31.1 Å². The molecule has 12 N–H and O–H groups in total. The van der Waals surface area contributed by atoms with E-state index < -0.39 is 66.2 Å². The molecule has 3 amide bonds. The lowest BCUT2D eigenvalue weighted by molar-refractivity contribution is -0.143. The van der Waals surface area contributed by atoms with E-state index in [1.54, 1.807) is 13.8 Å². The van der Waals surface area contributed by atoms with Gasteiger partial charge in [0.05, 0.1) is 12.5 Å². The first-order chi connectivity index (χ1) is 18.2. The van der Waals surface area contributed by atoms with Crippen molar-refractivity contribution in [1.82, 2.24) is 16.0 Å². The van der Waals surface area contributed by atoms with Crippen LogP contribution in [0.2, 0.25) is 0 Å². The predicted molar refractivity (Wildman–Crippen MR) is 140 cm³/mol. The number of hydrogen-bond acceptors (Lipinski definition) is 8. The van der Waals surface area contributed by atoms with Gasteiger partial charge in [-0.2, -0.15) is 0 Å². The minimum absolute atomic E-state index is 0.00727. The molecule has 15 heteroatoms. The lowest BCUT2D eigenvalue weighted by atomic mass is 10.0. The van der Waals surface area contributed by atoms with E-state index in [0.717, 1.165) is 0 Å². The Morgan fingerprint density at radius 3 is 2.00 bits per heavy atom. The summed E-state index contributed by atoms with van der Waals surface area (Å²) >= 11 is 0. The second-order valence-corrected chi connectivity index (χ2v) is 9.21. The van der Waals surface area contributed by atoms with Gasteiger partial charge >= 0.3 is 11.9 Å². The number of nitrogens with one attached hydrogen (secondary N) is 3. The SMILES string of the molecule is CC(C)C(NC(=O)C(CC(=O)O)NC(=O)C(N)CCCN=C(N)N)C(=O)NC(Cc1ccc(O)cc1)C(=O)O. The summed E-state index contributed by atoms with van der Waals surface area (Å²) in [5.74, 6) is -5.93. The number of carbonyl (C=O) groups excluding carboxylic acids is 3. The molecule has 4 unspecified atom stereocenters. The quantitative estimate of drug-likeness (QED) is 0.0614. The largest absolute Gasteiger partial charge is 0.508 e. The number of hydrogen-bond donors (Lipinski definition) is 9. The third kappa shape index (κ3) is 12.1. The topological polar surface area (TPSA) is 273 Å². The summed E-state index contributed by atoms with van der Waals surface area (Å²) in [5.41, 5.74) is 16.8. The van der Waals surface area contributed by atoms with E-state index >= 15 is 0 Å². The Labute approximate surface area is 225 Å². The van der Waals surface area contributed by atoms with Crippen molar-refractivity contribution in [3.8, 4) is 5.75 Å². The zero-order valence-electron chi connectivity index (χ0n) is 21.8. The van der Waals surface area contributed by atoms with Crippen molar-refractivity contribution in [2.45, 2.75) is 63.7 Å². The van der Waals surface area contributed by atoms with Gasteiger partial charge in [0.15, 0.2) is 5.96 Å². The summed E-state index contributed by atoms with van der Waals surface area (Å²) in [7, 11) is 0. The second-order valence-electron chi connectivity index (χ2n) is 9.21. The van der Waals surface area contributed by atoms with Crippen LogP contribution in [-0.4, -0.2) is 81.7 Å². The highest BCUT2D eigenvalue weighted by Gasteiger charge is 2.32. The molecule has 1 rings (SSSR count). The Morgan fingerprint density at radius 1 is 0.897 bits per heavy atom. The number of amides is 3. The molecule has 0 bridgehead atoms. The lowest BCUT2D eigenvalue weighted by Gasteiger charge is -2.26. The molecule has 1 aromatic carbocycles. The highest BCUT2D eigenvalue weighted by atomic mass is 16.4. The van der Waals surface area contributed by atoms with E-state index in [4.69, 9.17) is 17.2 Å². The fourth-order valence-electron chi connectivity index (χ4n) is 3.43. The van der Waals surface area contributed by atoms with Gasteiger partial charge in [0.2, 0.25) is 17.7 Å². The van der Waals surface area contributed by atoms with Crippen molar-refractivity contribution >= 4 is 35.6 Å². The number of aliphatic carboxylic acids is 2. The molecule has 39 heavy (non-hydrogen) atoms. The molecule has 0 saturated carbocycles. The monoisotopic (exact) mass is 551 g/mol. The minimum atomic E-state index is -1.56. The summed E-state index contributed by atoms with van der Waals surface area (Å²) in [5, 5.41) is 35.3. The maximum atomic E-state index is 13.0. The van der Waals surface area contributed by atoms with Gasteiger partial charge in [0, 0.05) is 13.0 Å². The molecule has 1 aromatic rings. The maximum absolute atomic E-state index is 13.0. The van der Waals surface area contributed by atoms with Crippen LogP contribution in [0.15, 0.2) is 29.3 Å². The standard InChI is InChI=1S/C24H37N7O8/c1-12(2)19(22(37)30-17(23(38)39)10-13-5-7-14(32)8-6-13)31-21(36)16(11-18(33)34)29-20(35)15(25)4-3-9-28-24(26)27/h5-8,12,15-17,19,32H,3-4,9-11,25H2,1-2H3,(H,29,35)(H,30,37)(H,31,36)(H,33,34)(H,38,39)(H4,26,27,28). The molecule has 4 atom stereocenters. The Hall–Kier alpha value is -4.40. The van der Waals surface area contributed by atoms with E-state index in [9.17, 15) is 39.3 Å². The predicted octanol–water partition coefficient (Wildman–Crippen LogP) is -2.01. The van der Waals surface area contributed by atoms with Crippen LogP contribution in [0.3, 0.4) is 0 Å². The number of aromatic hydroxyl groups is 1. The number of aliphatic imine (C=N–C) groups is 1. The summed E-state index contributed by atoms with van der Waals surface area (Å²) in [6.45, 7) is 3.41. The summed E-state index contributed by atoms with van der Waals surface area (Å²) in [6.07, 6.45) is -0.381. The maximum Gasteiger partial charge on any atom is 0.326 e. The number of guanidine groups is 1. The second kappa shape index (κ2) is 15.8. The number of carboxylic acid groups (broad SMARTS) is 2. The number of benzene rings is 1. The number of carboxylic acids is 2. The molecule has 0 aliphatic heterocycles. The van der Waals surface area contributed by atoms with Gasteiger partial charge in [-0.3, -0.25) is 24.2 Å². The Morgan fingerprint density at radius 2 is 1.49 bits per heavy atom. The first-order valence-electron chi connectivity index (χ1n) is 12.2. The van der Waals surface area contributed by atoms with Crippen molar-refractivity contribution in [3.63, 3.8) is 0 Å². The molecule has 0 aromatic heterocycles. The third-order valence-corrected chi connectivity index (χ3v) is 5.55. The zero-order chi connectivity index (χ0) is 29.7. The molecule has 15 nitrogen and oxygen atoms in total. The van der Waals surface area contributed by atoms with Gasteiger partial charge in [-0.25, -0.2) is 4.79 Å². The smallest absolute Gasteiger partial charge is 0.326 e. The Bertz CT molecular complexity index is 1040. The minimum Gasteiger partial charge on any atom is -0.508 e. The van der Waals surface area contributed by atoms with E-state index in [1.165, 1.54) is 24.3 Å². The molecule has 0 aliphatic carbocycles. The Balaban J connectivity index is 2.92. The van der Waals surface area contributed by atoms with Crippen LogP contribution < -0.4 is 33.2 Å². The number of nitrogens with zero attached hydrogens (tertiary/aromatic N) is 1. The first-order valence-corrected chi connectivity index (χ1v) is 12.2. The number of carbonyl (C=O) groups is 5. The van der Waals surface area contributed by atoms with Gasteiger partial charge < -0.3 is 48.5 Å². The molecular weight excluding hydrogens is 514 g/mol. The highest BCUT2D eigenvalue weighted by Crippen LogP contribution is 2.12. The van der Waals surface area contributed by atoms with Crippen LogP contribution >= 0.6 is 0 Å². The highest BCUT2D eigenvalue weighted by molar-refractivity contribution is 5.95. The van der Waals surface area contributed by atoms with Crippen molar-refractivity contribution in [2.24, 2.45) is 28.1 Å². The van der Waals surface area contributed by atoms with Crippen molar-refractivity contribution < 1.29 is 39.3 Å². The normalized spacial score (nSPS) is 13.8. The molecular formula is C24H37N7O8. The number of nitrogens with two attached hydrogens (primary N) is 3. The lowest BCUT2D eigenvalue weighted by Crippen LogP contribution is -2.59. The number of rotatable bonds is 16. The van der Waals surface area contributed by atoms with Crippen molar-refractivity contribution in [1.29, 1.82) is 0 Å². The van der Waals surface area contributed by atoms with Crippen LogP contribution in [0, 0.1) is 5.92 Å². The molecule has 0 heterocycles. The summed E-state index contributed by atoms with van der Waals surface area (Å²) in [6, 6.07) is 0.518. The number of phenols is 1. The average Bonchev–Trinajstić information content (AvgIpc) is 2.84. The Kier molecular flexibility index (Phi) is 13.2. The molecule has 0 radical (unpaired) electrons. The average molecular weight is 552 g/mol. The first kappa shape index (κ1) is 32.6. The van der Waals surface area contributed by atoms with Crippen LogP contribution in [0.5, 0.6) is 5.75 Å². The molecule has 0 aliphatic rings. The fraction of sp³-hybridized carbons (Fsp3) is 0.500. The molecule has 216 valence electrons. The summed E-state index contributed by atoms with van der Waals surface area (Å²) < 4.78 is 0. The van der Waals surface area contributed by atoms with Gasteiger partial charge in [-0.05, 0) is 36.5 Å². The van der Waals surface area contributed by atoms with Gasteiger partial charge in [-0.15, -0.1) is 0 Å². The molecule has 0 fully saturated rings. The van der Waals surface area contributed by atoms with Crippen molar-refractivity contribution in [2.75, 3.05) is 6.54 Å². The van der Waals surface area contributed by atoms with Gasteiger partial charge in [-0.1, -0.05) is 26.0 Å². The van der Waals surface area contributed by atoms with Gasteiger partial charge in [0.25, 0.3) is 0 Å². The fourth-order valence-corrected chi connectivity index (χ4v) is 3.43.